The molecule has 0 saturated heterocycles. The van der Waals surface area contributed by atoms with Gasteiger partial charge < -0.3 is 5.32 Å². The van der Waals surface area contributed by atoms with Gasteiger partial charge in [0.1, 0.15) is 0 Å². The second kappa shape index (κ2) is 5.25. The first-order valence-electron chi connectivity index (χ1n) is 4.58. The van der Waals surface area contributed by atoms with E-state index in [2.05, 4.69) is 27.9 Å². The van der Waals surface area contributed by atoms with Crippen molar-refractivity contribution in [1.29, 1.82) is 0 Å². The lowest BCUT2D eigenvalue weighted by molar-refractivity contribution is -0.118. The van der Waals surface area contributed by atoms with E-state index in [9.17, 15) is 9.59 Å². The van der Waals surface area contributed by atoms with Gasteiger partial charge in [0.25, 0.3) is 5.91 Å². The molecule has 1 amide bonds. The van der Waals surface area contributed by atoms with Crippen LogP contribution in [0.3, 0.4) is 0 Å². The van der Waals surface area contributed by atoms with Crippen LogP contribution in [0.1, 0.15) is 24.2 Å². The number of carbonyl (C=O) groups excluding carboxylic acids is 2. The molecule has 1 N–H and O–H groups in total. The maximum Gasteiger partial charge on any atom is 0.252 e. The Labute approximate surface area is 102 Å². The number of halogens is 1. The number of hydrogen-bond donors (Lipinski definition) is 1. The van der Waals surface area contributed by atoms with Crippen LogP contribution in [-0.2, 0) is 4.79 Å². The van der Waals surface area contributed by atoms with Crippen molar-refractivity contribution in [3.8, 4) is 0 Å². The normalized spacial score (nSPS) is 11.9. The maximum atomic E-state index is 11.7. The fourth-order valence-corrected chi connectivity index (χ4v) is 1.65. The molecule has 1 rings (SSSR count). The van der Waals surface area contributed by atoms with E-state index >= 15 is 0 Å². The van der Waals surface area contributed by atoms with Crippen LogP contribution in [0.15, 0.2) is 24.3 Å². The van der Waals surface area contributed by atoms with Crippen molar-refractivity contribution in [3.63, 3.8) is 0 Å². The molecule has 1 aromatic rings. The van der Waals surface area contributed by atoms with Crippen molar-refractivity contribution in [2.45, 2.75) is 19.9 Å². The number of amides is 1. The average Bonchev–Trinajstić information content (AvgIpc) is 2.18. The number of ketones is 1. The van der Waals surface area contributed by atoms with Gasteiger partial charge in [-0.25, -0.2) is 0 Å². The molecule has 0 spiro atoms. The Hall–Kier alpha value is -0.910. The highest BCUT2D eigenvalue weighted by molar-refractivity contribution is 14.1. The van der Waals surface area contributed by atoms with E-state index in [1.807, 2.05) is 12.1 Å². The van der Waals surface area contributed by atoms with Crippen molar-refractivity contribution in [3.05, 3.63) is 33.4 Å². The Morgan fingerprint density at radius 2 is 1.93 bits per heavy atom. The van der Waals surface area contributed by atoms with Gasteiger partial charge in [-0.15, -0.1) is 0 Å². The molecule has 0 aromatic heterocycles. The first-order chi connectivity index (χ1) is 7.02. The van der Waals surface area contributed by atoms with Gasteiger partial charge in [0.05, 0.1) is 11.6 Å². The largest absolute Gasteiger partial charge is 0.342 e. The fourth-order valence-electron chi connectivity index (χ4n) is 1.02. The highest BCUT2D eigenvalue weighted by Gasteiger charge is 2.14. The zero-order valence-corrected chi connectivity index (χ0v) is 10.7. The minimum atomic E-state index is -0.437. The van der Waals surface area contributed by atoms with Gasteiger partial charge in [0.2, 0.25) is 0 Å². The number of nitrogens with one attached hydrogen (secondary N) is 1. The van der Waals surface area contributed by atoms with Crippen LogP contribution in [0.25, 0.3) is 0 Å². The molecule has 0 fully saturated rings. The minimum absolute atomic E-state index is 0.0470. The first-order valence-corrected chi connectivity index (χ1v) is 5.66. The molecule has 1 aromatic carbocycles. The molecule has 0 aliphatic rings. The first kappa shape index (κ1) is 12.2. The maximum absolute atomic E-state index is 11.7. The van der Waals surface area contributed by atoms with Gasteiger partial charge in [0.15, 0.2) is 5.78 Å². The SMILES string of the molecule is CC(=O)C(C)NC(=O)c1ccccc1I. The molecule has 4 heteroatoms. The van der Waals surface area contributed by atoms with E-state index in [0.717, 1.165) is 3.57 Å². The smallest absolute Gasteiger partial charge is 0.252 e. The van der Waals surface area contributed by atoms with Gasteiger partial charge in [0, 0.05) is 3.57 Å². The fraction of sp³-hybridized carbons (Fsp3) is 0.273. The predicted molar refractivity (Wildman–Crippen MR) is 66.8 cm³/mol. The Balaban J connectivity index is 2.78. The molecule has 0 aliphatic heterocycles. The Kier molecular flexibility index (Phi) is 4.26. The highest BCUT2D eigenvalue weighted by atomic mass is 127. The van der Waals surface area contributed by atoms with E-state index in [1.165, 1.54) is 6.92 Å². The molecule has 1 unspecified atom stereocenters. The van der Waals surface area contributed by atoms with Crippen molar-refractivity contribution < 1.29 is 9.59 Å². The third-order valence-corrected chi connectivity index (χ3v) is 3.02. The molecule has 15 heavy (non-hydrogen) atoms. The quantitative estimate of drug-likeness (QED) is 0.867. The van der Waals surface area contributed by atoms with E-state index in [1.54, 1.807) is 19.1 Å². The van der Waals surface area contributed by atoms with Gasteiger partial charge >= 0.3 is 0 Å². The lowest BCUT2D eigenvalue weighted by atomic mass is 10.2. The number of Topliss-reactive ketones (excluding diaryl/α,β-unsaturated/α-hetero) is 1. The lowest BCUT2D eigenvalue weighted by Gasteiger charge is -2.11. The lowest BCUT2D eigenvalue weighted by Crippen LogP contribution is -2.37. The molecule has 0 radical (unpaired) electrons. The van der Waals surface area contributed by atoms with E-state index in [4.69, 9.17) is 0 Å². The number of hydrogen-bond acceptors (Lipinski definition) is 2. The van der Waals surface area contributed by atoms with Crippen molar-refractivity contribution in [2.24, 2.45) is 0 Å². The number of benzene rings is 1. The second-order valence-corrected chi connectivity index (χ2v) is 4.45. The average molecular weight is 317 g/mol. The predicted octanol–water partition coefficient (Wildman–Crippen LogP) is 2.00. The highest BCUT2D eigenvalue weighted by Crippen LogP contribution is 2.11. The second-order valence-electron chi connectivity index (χ2n) is 3.29. The monoisotopic (exact) mass is 317 g/mol. The van der Waals surface area contributed by atoms with E-state index in [0.29, 0.717) is 5.56 Å². The Bertz CT molecular complexity index is 390. The van der Waals surface area contributed by atoms with Gasteiger partial charge in [-0.2, -0.15) is 0 Å². The molecule has 0 saturated carbocycles. The third kappa shape index (κ3) is 3.30. The summed E-state index contributed by atoms with van der Waals surface area (Å²) >= 11 is 2.09. The van der Waals surface area contributed by atoms with Crippen LogP contribution in [-0.4, -0.2) is 17.7 Å². The van der Waals surface area contributed by atoms with Crippen molar-refractivity contribution in [2.75, 3.05) is 0 Å². The molecule has 1 atom stereocenters. The summed E-state index contributed by atoms with van der Waals surface area (Å²) in [5, 5.41) is 2.64. The summed E-state index contributed by atoms with van der Waals surface area (Å²) < 4.78 is 0.878. The van der Waals surface area contributed by atoms with E-state index < -0.39 is 6.04 Å². The summed E-state index contributed by atoms with van der Waals surface area (Å²) in [7, 11) is 0. The molecule has 0 bridgehead atoms. The van der Waals surface area contributed by atoms with Crippen molar-refractivity contribution >= 4 is 34.3 Å². The van der Waals surface area contributed by atoms with Crippen LogP contribution in [0.2, 0.25) is 0 Å². The van der Waals surface area contributed by atoms with E-state index in [-0.39, 0.29) is 11.7 Å². The zero-order valence-electron chi connectivity index (χ0n) is 8.58. The van der Waals surface area contributed by atoms with Crippen molar-refractivity contribution in [1.82, 2.24) is 5.32 Å². The molecule has 0 aliphatic carbocycles. The van der Waals surface area contributed by atoms with Crippen LogP contribution < -0.4 is 5.32 Å². The molecule has 0 heterocycles. The van der Waals surface area contributed by atoms with Gasteiger partial charge in [-0.1, -0.05) is 12.1 Å². The summed E-state index contributed by atoms with van der Waals surface area (Å²) in [6.45, 7) is 3.14. The minimum Gasteiger partial charge on any atom is -0.342 e. The Morgan fingerprint density at radius 1 is 1.33 bits per heavy atom. The number of carbonyl (C=O) groups is 2. The number of rotatable bonds is 3. The summed E-state index contributed by atoms with van der Waals surface area (Å²) in [6, 6.07) is 6.83. The molecular weight excluding hydrogens is 305 g/mol. The van der Waals surface area contributed by atoms with Crippen LogP contribution in [0.4, 0.5) is 0 Å². The summed E-state index contributed by atoms with van der Waals surface area (Å²) in [4.78, 5) is 22.7. The molecule has 80 valence electrons. The molecule has 3 nitrogen and oxygen atoms in total. The molecular formula is C11H12INO2. The third-order valence-electron chi connectivity index (χ3n) is 2.08. The van der Waals surface area contributed by atoms with Gasteiger partial charge in [-0.3, -0.25) is 9.59 Å². The van der Waals surface area contributed by atoms with Gasteiger partial charge in [-0.05, 0) is 48.6 Å². The summed E-state index contributed by atoms with van der Waals surface area (Å²) in [6.07, 6.45) is 0. The summed E-state index contributed by atoms with van der Waals surface area (Å²) in [5.74, 6) is -0.253. The van der Waals surface area contributed by atoms with Crippen LogP contribution in [0, 0.1) is 3.57 Å². The van der Waals surface area contributed by atoms with Crippen LogP contribution >= 0.6 is 22.6 Å². The standard InChI is InChI=1S/C11H12INO2/c1-7(8(2)14)13-11(15)9-5-3-4-6-10(9)12/h3-7H,1-2H3,(H,13,15). The Morgan fingerprint density at radius 3 is 2.47 bits per heavy atom. The topological polar surface area (TPSA) is 46.2 Å². The summed E-state index contributed by atoms with van der Waals surface area (Å²) in [5.41, 5.74) is 0.603. The van der Waals surface area contributed by atoms with Crippen LogP contribution in [0.5, 0.6) is 0 Å². The zero-order chi connectivity index (χ0) is 11.4.